The molecule has 2 aromatic rings. The van der Waals surface area contributed by atoms with E-state index in [1.54, 1.807) is 18.3 Å². The van der Waals surface area contributed by atoms with E-state index in [-0.39, 0.29) is 23.9 Å². The smallest absolute Gasteiger partial charge is 0.468 e. The van der Waals surface area contributed by atoms with Gasteiger partial charge in [-0.15, -0.1) is 24.5 Å². The second-order valence-corrected chi connectivity index (χ2v) is 8.73. The van der Waals surface area contributed by atoms with Gasteiger partial charge in [0, 0.05) is 40.1 Å². The summed E-state index contributed by atoms with van der Waals surface area (Å²) in [7, 11) is 1.26. The van der Waals surface area contributed by atoms with E-state index in [1.165, 1.54) is 31.4 Å². The second kappa shape index (κ2) is 8.54. The minimum atomic E-state index is -4.81. The predicted octanol–water partition coefficient (Wildman–Crippen LogP) is 5.39. The summed E-state index contributed by atoms with van der Waals surface area (Å²) in [6.45, 7) is 1.71. The molecule has 0 N–H and O–H groups in total. The quantitative estimate of drug-likeness (QED) is 0.570. The van der Waals surface area contributed by atoms with Crippen molar-refractivity contribution in [3.05, 3.63) is 63.5 Å². The van der Waals surface area contributed by atoms with Crippen LogP contribution in [0.3, 0.4) is 0 Å². The number of hydrogen-bond donors (Lipinski definition) is 0. The van der Waals surface area contributed by atoms with Gasteiger partial charge in [-0.25, -0.2) is 0 Å². The third-order valence-corrected chi connectivity index (χ3v) is 6.80. The van der Waals surface area contributed by atoms with E-state index in [4.69, 9.17) is 4.74 Å². The van der Waals surface area contributed by atoms with E-state index >= 15 is 0 Å². The van der Waals surface area contributed by atoms with Gasteiger partial charge in [-0.2, -0.15) is 0 Å². The summed E-state index contributed by atoms with van der Waals surface area (Å²) < 4.78 is 46.5. The van der Waals surface area contributed by atoms with Gasteiger partial charge in [0.25, 0.3) is 0 Å². The highest BCUT2D eigenvalue weighted by molar-refractivity contribution is 7.10. The first-order valence-corrected chi connectivity index (χ1v) is 10.8. The van der Waals surface area contributed by atoms with E-state index < -0.39 is 24.2 Å². The highest BCUT2D eigenvalue weighted by Gasteiger charge is 2.44. The molecule has 0 saturated carbocycles. The molecule has 0 saturated heterocycles. The number of methoxy groups -OCH3 is 1. The number of rotatable bonds is 4. The number of esters is 1. The van der Waals surface area contributed by atoms with Gasteiger partial charge in [-0.05, 0) is 42.5 Å². The molecule has 0 bridgehead atoms. The van der Waals surface area contributed by atoms with Gasteiger partial charge in [-0.3, -0.25) is 14.6 Å². The van der Waals surface area contributed by atoms with Crippen molar-refractivity contribution < 1.29 is 32.2 Å². The molecule has 0 amide bonds. The third-order valence-electron chi connectivity index (χ3n) is 5.76. The average molecular weight is 463 g/mol. The van der Waals surface area contributed by atoms with Gasteiger partial charge in [0.1, 0.15) is 11.7 Å². The van der Waals surface area contributed by atoms with Crippen LogP contribution in [0, 0.1) is 5.92 Å². The van der Waals surface area contributed by atoms with Gasteiger partial charge >= 0.3 is 12.3 Å². The molecular weight excluding hydrogens is 443 g/mol. The highest BCUT2D eigenvalue weighted by Crippen LogP contribution is 2.47. The van der Waals surface area contributed by atoms with E-state index in [0.29, 0.717) is 29.0 Å². The minimum absolute atomic E-state index is 0.00990. The molecule has 3 atom stereocenters. The largest absolute Gasteiger partial charge is 0.573 e. The first-order valence-electron chi connectivity index (χ1n) is 9.96. The van der Waals surface area contributed by atoms with Crippen molar-refractivity contribution >= 4 is 28.8 Å². The highest BCUT2D eigenvalue weighted by atomic mass is 32.1. The van der Waals surface area contributed by atoms with Crippen LogP contribution in [0.2, 0.25) is 0 Å². The number of alkyl halides is 3. The lowest BCUT2D eigenvalue weighted by atomic mass is 9.70. The summed E-state index contributed by atoms with van der Waals surface area (Å²) in [5.41, 5.74) is 2.09. The second-order valence-electron chi connectivity index (χ2n) is 7.75. The van der Waals surface area contributed by atoms with Crippen LogP contribution >= 0.6 is 11.3 Å². The Morgan fingerprint density at radius 2 is 1.88 bits per heavy atom. The number of carbonyl (C=O) groups excluding carboxylic acids is 2. The number of allylic oxidation sites excluding steroid dienone is 2. The number of hydrogen-bond acceptors (Lipinski definition) is 6. The van der Waals surface area contributed by atoms with Crippen molar-refractivity contribution in [1.29, 1.82) is 0 Å². The fourth-order valence-electron chi connectivity index (χ4n) is 4.45. The van der Waals surface area contributed by atoms with Crippen molar-refractivity contribution in [2.24, 2.45) is 10.9 Å². The maximum atomic E-state index is 13.3. The van der Waals surface area contributed by atoms with Crippen molar-refractivity contribution in [2.75, 3.05) is 7.11 Å². The Morgan fingerprint density at radius 3 is 2.47 bits per heavy atom. The zero-order valence-corrected chi connectivity index (χ0v) is 18.1. The number of ketones is 1. The van der Waals surface area contributed by atoms with Crippen LogP contribution in [0.25, 0.3) is 0 Å². The maximum Gasteiger partial charge on any atom is 0.573 e. The van der Waals surface area contributed by atoms with Crippen molar-refractivity contribution in [1.82, 2.24) is 0 Å². The van der Waals surface area contributed by atoms with E-state index in [0.717, 1.165) is 4.88 Å². The summed E-state index contributed by atoms with van der Waals surface area (Å²) in [6, 6.07) is 9.18. The zero-order chi connectivity index (χ0) is 23.0. The maximum absolute atomic E-state index is 13.3. The molecule has 0 radical (unpaired) electrons. The van der Waals surface area contributed by atoms with Crippen LogP contribution in [0.1, 0.15) is 42.0 Å². The first-order chi connectivity index (χ1) is 15.2. The van der Waals surface area contributed by atoms with Gasteiger partial charge in [0.05, 0.1) is 7.11 Å². The number of ether oxygens (including phenoxy) is 2. The number of thiophene rings is 1. The van der Waals surface area contributed by atoms with Crippen LogP contribution in [0.5, 0.6) is 5.75 Å². The topological polar surface area (TPSA) is 65.0 Å². The molecule has 5 nitrogen and oxygen atoms in total. The van der Waals surface area contributed by atoms with Crippen LogP contribution < -0.4 is 4.74 Å². The molecule has 1 aromatic heterocycles. The number of carbonyl (C=O) groups is 2. The Bertz CT molecular complexity index is 1090. The molecule has 1 aliphatic carbocycles. The molecule has 9 heteroatoms. The number of Topliss-reactive ketones (excluding diaryl/α,β-unsaturated/α-hetero) is 1. The molecular formula is C23H20F3NO4S. The van der Waals surface area contributed by atoms with Crippen LogP contribution in [0.15, 0.2) is 58.0 Å². The molecule has 1 aliphatic heterocycles. The molecule has 2 heterocycles. The van der Waals surface area contributed by atoms with Gasteiger partial charge in [-0.1, -0.05) is 18.2 Å². The number of benzene rings is 1. The van der Waals surface area contributed by atoms with E-state index in [1.807, 2.05) is 17.5 Å². The monoisotopic (exact) mass is 463 g/mol. The minimum Gasteiger partial charge on any atom is -0.468 e. The molecule has 0 fully saturated rings. The van der Waals surface area contributed by atoms with Gasteiger partial charge < -0.3 is 9.47 Å². The molecule has 4 rings (SSSR count). The Balaban J connectivity index is 1.76. The fourth-order valence-corrected chi connectivity index (χ4v) is 5.28. The van der Waals surface area contributed by atoms with Crippen LogP contribution in [0.4, 0.5) is 13.2 Å². The van der Waals surface area contributed by atoms with Crippen LogP contribution in [-0.2, 0) is 14.3 Å². The standard InChI is InChI=1S/C23H20F3NO4S/c1-12-19(22(29)30-2)20(13-5-7-15(8-6-13)31-23(24,25)26)21-16(27-12)10-14(11-17(21)28)18-4-3-9-32-18/h3-9,14,19-20H,10-11H2,1-2H3/t14-,19?,20-/m0/s1. The van der Waals surface area contributed by atoms with Crippen LogP contribution in [-0.4, -0.2) is 30.9 Å². The fraction of sp³-hybridized carbons (Fsp3) is 0.348. The summed E-state index contributed by atoms with van der Waals surface area (Å²) in [6.07, 6.45) is -3.97. The molecule has 0 spiro atoms. The van der Waals surface area contributed by atoms with Gasteiger partial charge in [0.2, 0.25) is 0 Å². The molecule has 168 valence electrons. The Kier molecular flexibility index (Phi) is 5.94. The summed E-state index contributed by atoms with van der Waals surface area (Å²) in [4.78, 5) is 31.6. The Morgan fingerprint density at radius 1 is 1.16 bits per heavy atom. The summed E-state index contributed by atoms with van der Waals surface area (Å²) in [5.74, 6) is -2.56. The molecule has 1 aromatic carbocycles. The van der Waals surface area contributed by atoms with E-state index in [9.17, 15) is 22.8 Å². The summed E-state index contributed by atoms with van der Waals surface area (Å²) in [5, 5.41) is 1.96. The number of halogens is 3. The third kappa shape index (κ3) is 4.34. The van der Waals surface area contributed by atoms with Crippen molar-refractivity contribution in [3.8, 4) is 5.75 Å². The number of nitrogens with zero attached hydrogens (tertiary/aromatic N) is 1. The number of aliphatic imine (C=N–C) groups is 1. The van der Waals surface area contributed by atoms with Crippen molar-refractivity contribution in [3.63, 3.8) is 0 Å². The Hall–Kier alpha value is -2.94. The molecule has 2 aliphatic rings. The molecule has 32 heavy (non-hydrogen) atoms. The summed E-state index contributed by atoms with van der Waals surface area (Å²) >= 11 is 1.58. The first kappa shape index (κ1) is 22.3. The zero-order valence-electron chi connectivity index (χ0n) is 17.3. The Labute approximate surface area is 186 Å². The SMILES string of the molecule is COC(=O)C1C(C)=NC2=C(C(=O)C[C@@H](c3cccs3)C2)[C@H]1c1ccc(OC(F)(F)F)cc1. The lowest BCUT2D eigenvalue weighted by Crippen LogP contribution is -2.37. The molecule has 1 unspecified atom stereocenters. The predicted molar refractivity (Wildman–Crippen MR) is 113 cm³/mol. The average Bonchev–Trinajstić information content (AvgIpc) is 3.26. The normalized spacial score (nSPS) is 23.5. The lowest BCUT2D eigenvalue weighted by Gasteiger charge is -2.36. The van der Waals surface area contributed by atoms with E-state index in [2.05, 4.69) is 9.73 Å². The van der Waals surface area contributed by atoms with Gasteiger partial charge in [0.15, 0.2) is 5.78 Å². The lowest BCUT2D eigenvalue weighted by molar-refractivity contribution is -0.274. The van der Waals surface area contributed by atoms with Crippen molar-refractivity contribution in [2.45, 2.75) is 38.0 Å².